The number of aliphatic hydroxyl groups is 1. The summed E-state index contributed by atoms with van der Waals surface area (Å²) in [6.07, 6.45) is 5.56. The Bertz CT molecular complexity index is 1590. The monoisotopic (exact) mass is 669 g/mol. The zero-order valence-corrected chi connectivity index (χ0v) is 27.7. The van der Waals surface area contributed by atoms with Crippen LogP contribution < -0.4 is 10.8 Å². The lowest BCUT2D eigenvalue weighted by Crippen LogP contribution is -2.31. The highest BCUT2D eigenvalue weighted by Crippen LogP contribution is 2.40. The number of hydrogen-bond acceptors (Lipinski definition) is 8. The Kier molecular flexibility index (Phi) is 13.6. The number of carbonyl (C=O) groups is 2. The predicted molar refractivity (Wildman–Crippen MR) is 185 cm³/mol. The molecule has 10 heteroatoms. The molecule has 4 N–H and O–H groups in total. The van der Waals surface area contributed by atoms with Crippen LogP contribution in [-0.2, 0) is 32.2 Å². The largest absolute Gasteiger partial charge is 0.392 e. The van der Waals surface area contributed by atoms with E-state index in [0.717, 1.165) is 63.4 Å². The fourth-order valence-electron chi connectivity index (χ4n) is 5.67. The molecular formula is C38H43N3O6S. The van der Waals surface area contributed by atoms with Gasteiger partial charge in [0.25, 0.3) is 0 Å². The summed E-state index contributed by atoms with van der Waals surface area (Å²) in [5.74, 6) is 0.353. The molecule has 1 aliphatic heterocycles. The minimum atomic E-state index is -0.550. The zero-order chi connectivity index (χ0) is 33.6. The number of amides is 2. The molecule has 3 aromatic carbocycles. The zero-order valence-electron chi connectivity index (χ0n) is 26.9. The van der Waals surface area contributed by atoms with Crippen LogP contribution in [0.4, 0.5) is 0 Å². The molecule has 48 heavy (non-hydrogen) atoms. The number of pyridine rings is 1. The quantitative estimate of drug-likeness (QED) is 0.0433. The third-order valence-electron chi connectivity index (χ3n) is 8.34. The van der Waals surface area contributed by atoms with Crippen molar-refractivity contribution in [2.45, 2.75) is 81.6 Å². The average molecular weight is 670 g/mol. The van der Waals surface area contributed by atoms with Crippen LogP contribution >= 0.6 is 11.8 Å². The number of benzene rings is 3. The molecule has 1 aliphatic rings. The number of carbonyl (C=O) groups excluding carboxylic acids is 2. The lowest BCUT2D eigenvalue weighted by atomic mass is 9.97. The van der Waals surface area contributed by atoms with Crippen LogP contribution in [0.5, 0.6) is 0 Å². The van der Waals surface area contributed by atoms with Crippen molar-refractivity contribution in [2.75, 3.05) is 5.75 Å². The SMILES string of the molecule is O=C(CCCCCCC(=O)NCc1ccccc1-c1ccc(C2OC(CSc3ccccn3)CC(c3ccc(CO)cc3)O2)cc1)NO. The van der Waals surface area contributed by atoms with Gasteiger partial charge in [0.1, 0.15) is 0 Å². The number of aromatic nitrogens is 1. The van der Waals surface area contributed by atoms with Gasteiger partial charge in [0, 0.05) is 43.3 Å². The summed E-state index contributed by atoms with van der Waals surface area (Å²) in [5.41, 5.74) is 7.57. The molecule has 3 unspecified atom stereocenters. The molecule has 252 valence electrons. The highest BCUT2D eigenvalue weighted by atomic mass is 32.2. The van der Waals surface area contributed by atoms with Gasteiger partial charge < -0.3 is 19.9 Å². The highest BCUT2D eigenvalue weighted by Gasteiger charge is 2.32. The Labute approximate surface area is 286 Å². The Morgan fingerprint density at radius 1 is 0.812 bits per heavy atom. The van der Waals surface area contributed by atoms with Gasteiger partial charge in [0.05, 0.1) is 23.8 Å². The van der Waals surface area contributed by atoms with Crippen molar-refractivity contribution in [1.82, 2.24) is 15.8 Å². The maximum atomic E-state index is 12.5. The summed E-state index contributed by atoms with van der Waals surface area (Å²) in [6.45, 7) is 0.424. The molecule has 0 aliphatic carbocycles. The van der Waals surface area contributed by atoms with Gasteiger partial charge in [-0.15, -0.1) is 11.8 Å². The Morgan fingerprint density at radius 2 is 1.52 bits per heavy atom. The third kappa shape index (κ3) is 10.5. The predicted octanol–water partition coefficient (Wildman–Crippen LogP) is 7.04. The van der Waals surface area contributed by atoms with E-state index in [-0.39, 0.29) is 37.0 Å². The van der Waals surface area contributed by atoms with Crippen molar-refractivity contribution in [2.24, 2.45) is 0 Å². The number of hydrogen-bond donors (Lipinski definition) is 4. The van der Waals surface area contributed by atoms with Gasteiger partial charge in [0.2, 0.25) is 11.8 Å². The molecule has 2 amide bonds. The van der Waals surface area contributed by atoms with Gasteiger partial charge in [-0.1, -0.05) is 91.7 Å². The fourth-order valence-corrected chi connectivity index (χ4v) is 6.55. The second-order valence-corrected chi connectivity index (χ2v) is 12.9. The molecular weight excluding hydrogens is 627 g/mol. The van der Waals surface area contributed by atoms with Crippen LogP contribution in [-0.4, -0.2) is 39.0 Å². The molecule has 3 atom stereocenters. The molecule has 0 saturated carbocycles. The standard InChI is InChI=1S/C38H43N3O6S/c42-25-27-14-16-29(17-15-27)34-23-32(26-48-37-13-7-8-22-39-37)46-38(47-34)30-20-18-28(19-21-30)33-10-6-5-9-31(33)24-40-35(43)11-3-1-2-4-12-36(44)41-45/h5-10,13-22,32,34,38,42,45H,1-4,11-12,23-26H2,(H,40,43)(H,41,44). The normalized spacial score (nSPS) is 17.5. The lowest BCUT2D eigenvalue weighted by Gasteiger charge is -2.36. The van der Waals surface area contributed by atoms with Gasteiger partial charge in [0.15, 0.2) is 6.29 Å². The summed E-state index contributed by atoms with van der Waals surface area (Å²) in [7, 11) is 0. The van der Waals surface area contributed by atoms with E-state index in [1.165, 1.54) is 0 Å². The first-order chi connectivity index (χ1) is 23.5. The van der Waals surface area contributed by atoms with Crippen molar-refractivity contribution in [3.8, 4) is 11.1 Å². The maximum absolute atomic E-state index is 12.5. The number of aliphatic hydroxyl groups excluding tert-OH is 1. The van der Waals surface area contributed by atoms with Crippen LogP contribution in [0.15, 0.2) is 102 Å². The maximum Gasteiger partial charge on any atom is 0.243 e. The minimum absolute atomic E-state index is 0.000751. The topological polar surface area (TPSA) is 130 Å². The third-order valence-corrected chi connectivity index (χ3v) is 9.42. The molecule has 0 radical (unpaired) electrons. The number of nitrogens with one attached hydrogen (secondary N) is 2. The number of ether oxygens (including phenoxy) is 2. The number of nitrogens with zero attached hydrogens (tertiary/aromatic N) is 1. The Hall–Kier alpha value is -4.06. The van der Waals surface area contributed by atoms with E-state index >= 15 is 0 Å². The molecule has 1 aromatic heterocycles. The van der Waals surface area contributed by atoms with Gasteiger partial charge >= 0.3 is 0 Å². The molecule has 4 aromatic rings. The van der Waals surface area contributed by atoms with Gasteiger partial charge in [-0.3, -0.25) is 14.8 Å². The Morgan fingerprint density at radius 3 is 2.23 bits per heavy atom. The van der Waals surface area contributed by atoms with Crippen LogP contribution in [0.1, 0.15) is 79.6 Å². The first kappa shape index (κ1) is 35.3. The number of rotatable bonds is 16. The molecule has 2 heterocycles. The summed E-state index contributed by atoms with van der Waals surface area (Å²) in [4.78, 5) is 28.1. The van der Waals surface area contributed by atoms with Crippen LogP contribution in [0.3, 0.4) is 0 Å². The molecule has 1 saturated heterocycles. The van der Waals surface area contributed by atoms with E-state index < -0.39 is 6.29 Å². The van der Waals surface area contributed by atoms with E-state index in [1.807, 2.05) is 72.8 Å². The van der Waals surface area contributed by atoms with E-state index in [9.17, 15) is 14.7 Å². The van der Waals surface area contributed by atoms with Gasteiger partial charge in [-0.2, -0.15) is 0 Å². The number of hydroxylamine groups is 1. The minimum Gasteiger partial charge on any atom is -0.392 e. The van der Waals surface area contributed by atoms with Gasteiger partial charge in [-0.05, 0) is 52.8 Å². The fraction of sp³-hybridized carbons (Fsp3) is 0.342. The molecule has 0 spiro atoms. The van der Waals surface area contributed by atoms with E-state index in [0.29, 0.717) is 25.8 Å². The molecule has 9 nitrogen and oxygen atoms in total. The first-order valence-electron chi connectivity index (χ1n) is 16.4. The van der Waals surface area contributed by atoms with Crippen LogP contribution in [0, 0.1) is 0 Å². The van der Waals surface area contributed by atoms with Crippen molar-refractivity contribution in [3.05, 3.63) is 119 Å². The number of unbranched alkanes of at least 4 members (excludes halogenated alkanes) is 3. The van der Waals surface area contributed by atoms with Crippen molar-refractivity contribution in [1.29, 1.82) is 0 Å². The van der Waals surface area contributed by atoms with E-state index in [4.69, 9.17) is 14.7 Å². The Balaban J connectivity index is 1.21. The second-order valence-electron chi connectivity index (χ2n) is 11.8. The molecule has 5 rings (SSSR count). The lowest BCUT2D eigenvalue weighted by molar-refractivity contribution is -0.245. The first-order valence-corrected chi connectivity index (χ1v) is 17.4. The average Bonchev–Trinajstić information content (AvgIpc) is 3.15. The van der Waals surface area contributed by atoms with Crippen LogP contribution in [0.2, 0.25) is 0 Å². The summed E-state index contributed by atoms with van der Waals surface area (Å²) >= 11 is 1.67. The summed E-state index contributed by atoms with van der Waals surface area (Å²) < 4.78 is 13.0. The van der Waals surface area contributed by atoms with Crippen molar-refractivity contribution >= 4 is 23.6 Å². The van der Waals surface area contributed by atoms with Gasteiger partial charge in [-0.25, -0.2) is 10.5 Å². The molecule has 1 fully saturated rings. The summed E-state index contributed by atoms with van der Waals surface area (Å²) in [5, 5.41) is 22.1. The highest BCUT2D eigenvalue weighted by molar-refractivity contribution is 7.99. The van der Waals surface area contributed by atoms with Crippen LogP contribution in [0.25, 0.3) is 11.1 Å². The summed E-state index contributed by atoms with van der Waals surface area (Å²) in [6, 6.07) is 30.1. The second kappa shape index (κ2) is 18.5. The van der Waals surface area contributed by atoms with E-state index in [1.54, 1.807) is 23.4 Å². The molecule has 0 bridgehead atoms. The van der Waals surface area contributed by atoms with Crippen molar-refractivity contribution < 1.29 is 29.4 Å². The smallest absolute Gasteiger partial charge is 0.243 e. The van der Waals surface area contributed by atoms with Crippen molar-refractivity contribution in [3.63, 3.8) is 0 Å². The van der Waals surface area contributed by atoms with E-state index in [2.05, 4.69) is 28.5 Å². The number of thioether (sulfide) groups is 1.